The van der Waals surface area contributed by atoms with Crippen molar-refractivity contribution < 1.29 is 14.3 Å². The molecule has 0 aliphatic rings. The van der Waals surface area contributed by atoms with E-state index in [-0.39, 0.29) is 23.8 Å². The van der Waals surface area contributed by atoms with Crippen LogP contribution in [-0.4, -0.2) is 40.6 Å². The molecule has 0 saturated carbocycles. The van der Waals surface area contributed by atoms with Crippen LogP contribution in [0.15, 0.2) is 43.0 Å². The van der Waals surface area contributed by atoms with Gasteiger partial charge in [-0.25, -0.2) is 4.98 Å². The predicted octanol–water partition coefficient (Wildman–Crippen LogP) is 1.85. The third kappa shape index (κ3) is 5.34. The number of carbonyl (C=O) groups excluding carboxylic acids is 2. The van der Waals surface area contributed by atoms with Crippen LogP contribution >= 0.6 is 0 Å². The number of methoxy groups -OCH3 is 1. The minimum Gasteiger partial charge on any atom is -0.497 e. The number of hydrogen-bond donors (Lipinski definition) is 2. The molecule has 7 nitrogen and oxygen atoms in total. The molecule has 2 atom stereocenters. The van der Waals surface area contributed by atoms with Gasteiger partial charge in [-0.2, -0.15) is 0 Å². The molecular formula is C19H26N4O3. The molecule has 2 N–H and O–H groups in total. The molecule has 1 aromatic heterocycles. The smallest absolute Gasteiger partial charge is 0.251 e. The van der Waals surface area contributed by atoms with Crippen molar-refractivity contribution in [2.75, 3.05) is 7.11 Å². The van der Waals surface area contributed by atoms with E-state index in [1.165, 1.54) is 0 Å². The molecule has 0 aliphatic carbocycles. The minimum atomic E-state index is -0.616. The van der Waals surface area contributed by atoms with Gasteiger partial charge < -0.3 is 19.9 Å². The molecule has 0 radical (unpaired) electrons. The lowest BCUT2D eigenvalue weighted by Gasteiger charge is -2.24. The summed E-state index contributed by atoms with van der Waals surface area (Å²) >= 11 is 0. The van der Waals surface area contributed by atoms with Crippen LogP contribution in [-0.2, 0) is 11.3 Å². The first kappa shape index (κ1) is 19.5. The van der Waals surface area contributed by atoms with Crippen molar-refractivity contribution in [2.45, 2.75) is 39.4 Å². The lowest BCUT2D eigenvalue weighted by atomic mass is 10.0. The summed E-state index contributed by atoms with van der Waals surface area (Å²) in [7, 11) is 1.57. The second-order valence-electron chi connectivity index (χ2n) is 6.59. The van der Waals surface area contributed by atoms with Gasteiger partial charge in [0.05, 0.1) is 13.4 Å². The molecule has 0 spiro atoms. The quantitative estimate of drug-likeness (QED) is 0.754. The molecule has 0 fully saturated rings. The second kappa shape index (κ2) is 9.03. The van der Waals surface area contributed by atoms with Crippen molar-refractivity contribution in [3.05, 3.63) is 48.5 Å². The Kier molecular flexibility index (Phi) is 6.77. The second-order valence-corrected chi connectivity index (χ2v) is 6.59. The van der Waals surface area contributed by atoms with Crippen LogP contribution in [0.3, 0.4) is 0 Å². The minimum absolute atomic E-state index is 0.0438. The van der Waals surface area contributed by atoms with Crippen molar-refractivity contribution in [1.82, 2.24) is 20.2 Å². The lowest BCUT2D eigenvalue weighted by molar-refractivity contribution is -0.124. The highest BCUT2D eigenvalue weighted by Crippen LogP contribution is 2.12. The van der Waals surface area contributed by atoms with E-state index >= 15 is 0 Å². The zero-order valence-electron chi connectivity index (χ0n) is 15.6. The number of rotatable bonds is 8. The number of nitrogens with one attached hydrogen (secondary N) is 2. The summed E-state index contributed by atoms with van der Waals surface area (Å²) in [4.78, 5) is 29.1. The Hall–Kier alpha value is -2.83. The van der Waals surface area contributed by atoms with Gasteiger partial charge in [-0.3, -0.25) is 9.59 Å². The van der Waals surface area contributed by atoms with Crippen molar-refractivity contribution in [2.24, 2.45) is 5.92 Å². The number of hydrogen-bond acceptors (Lipinski definition) is 4. The fraction of sp³-hybridized carbons (Fsp3) is 0.421. The number of carbonyl (C=O) groups is 2. The molecule has 2 aromatic rings. The number of imidazole rings is 1. The van der Waals surface area contributed by atoms with Gasteiger partial charge >= 0.3 is 0 Å². The molecule has 0 unspecified atom stereocenters. The number of nitrogens with zero attached hydrogens (tertiary/aromatic N) is 2. The molecule has 7 heteroatoms. The van der Waals surface area contributed by atoms with E-state index in [4.69, 9.17) is 4.74 Å². The first-order chi connectivity index (χ1) is 12.4. The lowest BCUT2D eigenvalue weighted by Crippen LogP contribution is -2.52. The topological polar surface area (TPSA) is 85.2 Å². The largest absolute Gasteiger partial charge is 0.497 e. The number of amides is 2. The van der Waals surface area contributed by atoms with Crippen LogP contribution in [0.1, 0.15) is 31.1 Å². The number of benzene rings is 1. The molecule has 0 bridgehead atoms. The van der Waals surface area contributed by atoms with Crippen molar-refractivity contribution in [1.29, 1.82) is 0 Å². The van der Waals surface area contributed by atoms with Crippen LogP contribution < -0.4 is 15.4 Å². The Morgan fingerprint density at radius 2 is 1.85 bits per heavy atom. The Balaban J connectivity index is 1.97. The first-order valence-corrected chi connectivity index (χ1v) is 8.61. The van der Waals surface area contributed by atoms with Crippen LogP contribution in [0.25, 0.3) is 0 Å². The van der Waals surface area contributed by atoms with E-state index in [0.29, 0.717) is 17.9 Å². The van der Waals surface area contributed by atoms with Gasteiger partial charge in [-0.05, 0) is 37.1 Å². The molecule has 26 heavy (non-hydrogen) atoms. The number of ether oxygens (including phenoxy) is 1. The van der Waals surface area contributed by atoms with Crippen LogP contribution in [0, 0.1) is 5.92 Å². The van der Waals surface area contributed by atoms with Gasteiger partial charge in [0.25, 0.3) is 5.91 Å². The Bertz CT molecular complexity index is 711. The Morgan fingerprint density at radius 3 is 2.38 bits per heavy atom. The van der Waals surface area contributed by atoms with E-state index < -0.39 is 6.04 Å². The summed E-state index contributed by atoms with van der Waals surface area (Å²) in [5.41, 5.74) is 0.482. The van der Waals surface area contributed by atoms with Crippen molar-refractivity contribution >= 4 is 11.8 Å². The summed E-state index contributed by atoms with van der Waals surface area (Å²) in [5.74, 6) is 0.143. The highest BCUT2D eigenvalue weighted by molar-refractivity contribution is 5.97. The molecule has 0 saturated heterocycles. The van der Waals surface area contributed by atoms with Gasteiger partial charge in [-0.15, -0.1) is 0 Å². The Morgan fingerprint density at radius 1 is 1.15 bits per heavy atom. The summed E-state index contributed by atoms with van der Waals surface area (Å²) in [6.07, 6.45) is 5.24. The molecule has 140 valence electrons. The predicted molar refractivity (Wildman–Crippen MR) is 98.9 cm³/mol. The molecule has 2 amide bonds. The molecule has 0 aliphatic heterocycles. The third-order valence-electron chi connectivity index (χ3n) is 4.02. The van der Waals surface area contributed by atoms with Gasteiger partial charge in [0.15, 0.2) is 0 Å². The fourth-order valence-electron chi connectivity index (χ4n) is 2.59. The Labute approximate surface area is 153 Å². The molecule has 2 rings (SSSR count). The van der Waals surface area contributed by atoms with Crippen molar-refractivity contribution in [3.8, 4) is 5.75 Å². The van der Waals surface area contributed by atoms with Crippen LogP contribution in [0.5, 0.6) is 5.75 Å². The maximum atomic E-state index is 12.6. The standard InChI is InChI=1S/C19H26N4O3/c1-13(2)17(19(25)21-14(3)11-23-10-9-20-12-23)22-18(24)15-5-7-16(26-4)8-6-15/h5-10,12-14,17H,11H2,1-4H3,(H,21,25)(H,22,24)/t14-,17+/m0/s1. The van der Waals surface area contributed by atoms with E-state index in [2.05, 4.69) is 15.6 Å². The summed E-state index contributed by atoms with van der Waals surface area (Å²) in [6.45, 7) is 6.34. The fourth-order valence-corrected chi connectivity index (χ4v) is 2.59. The average Bonchev–Trinajstić information content (AvgIpc) is 3.11. The van der Waals surface area contributed by atoms with Crippen molar-refractivity contribution in [3.63, 3.8) is 0 Å². The monoisotopic (exact) mass is 358 g/mol. The number of aromatic nitrogens is 2. The summed E-state index contributed by atoms with van der Waals surface area (Å²) in [5, 5.41) is 5.78. The SMILES string of the molecule is COc1ccc(C(=O)N[C@@H](C(=O)N[C@@H](C)Cn2ccnc2)C(C)C)cc1. The van der Waals surface area contributed by atoms with Crippen LogP contribution in [0.4, 0.5) is 0 Å². The highest BCUT2D eigenvalue weighted by Gasteiger charge is 2.25. The van der Waals surface area contributed by atoms with E-state index in [1.54, 1.807) is 43.9 Å². The average molecular weight is 358 g/mol. The van der Waals surface area contributed by atoms with E-state index in [1.807, 2.05) is 31.5 Å². The maximum absolute atomic E-state index is 12.6. The molecular weight excluding hydrogens is 332 g/mol. The normalized spacial score (nSPS) is 13.1. The van der Waals surface area contributed by atoms with E-state index in [9.17, 15) is 9.59 Å². The molecule has 1 aromatic carbocycles. The third-order valence-corrected chi connectivity index (χ3v) is 4.02. The summed E-state index contributed by atoms with van der Waals surface area (Å²) in [6, 6.07) is 6.07. The zero-order chi connectivity index (χ0) is 19.1. The highest BCUT2D eigenvalue weighted by atomic mass is 16.5. The van der Waals surface area contributed by atoms with Gasteiger partial charge in [0.1, 0.15) is 11.8 Å². The first-order valence-electron chi connectivity index (χ1n) is 8.61. The van der Waals surface area contributed by atoms with Gasteiger partial charge in [-0.1, -0.05) is 13.8 Å². The summed E-state index contributed by atoms with van der Waals surface area (Å²) < 4.78 is 6.99. The zero-order valence-corrected chi connectivity index (χ0v) is 15.6. The van der Waals surface area contributed by atoms with E-state index in [0.717, 1.165) is 0 Å². The van der Waals surface area contributed by atoms with Crippen LogP contribution in [0.2, 0.25) is 0 Å². The molecule has 1 heterocycles. The van der Waals surface area contributed by atoms with Gasteiger partial charge in [0, 0.05) is 30.5 Å². The maximum Gasteiger partial charge on any atom is 0.251 e. The van der Waals surface area contributed by atoms with Gasteiger partial charge in [0.2, 0.25) is 5.91 Å².